The van der Waals surface area contributed by atoms with E-state index in [0.717, 1.165) is 0 Å². The molecule has 1 atom stereocenters. The van der Waals surface area contributed by atoms with Gasteiger partial charge in [-0.2, -0.15) is 0 Å². The number of nitrogens with two attached hydrogens (primary N) is 1. The van der Waals surface area contributed by atoms with Crippen LogP contribution in [0.15, 0.2) is 30.5 Å². The predicted octanol–water partition coefficient (Wildman–Crippen LogP) is 0.324. The van der Waals surface area contributed by atoms with Crippen molar-refractivity contribution in [3.8, 4) is 0 Å². The zero-order chi connectivity index (χ0) is 18.7. The molecule has 0 spiro atoms. The summed E-state index contributed by atoms with van der Waals surface area (Å²) in [6, 6.07) is 6.57. The Bertz CT molecular complexity index is 876. The van der Waals surface area contributed by atoms with Crippen molar-refractivity contribution in [3.05, 3.63) is 52.4 Å². The van der Waals surface area contributed by atoms with Crippen LogP contribution in [0, 0.1) is 6.92 Å². The third-order valence-electron chi connectivity index (χ3n) is 3.97. The first-order valence-electron chi connectivity index (χ1n) is 7.88. The van der Waals surface area contributed by atoms with Crippen LogP contribution in [0.5, 0.6) is 0 Å². The number of carbonyl (C=O) groups excluding carboxylic acids is 1. The summed E-state index contributed by atoms with van der Waals surface area (Å²) in [5.74, 6) is 0.158. The van der Waals surface area contributed by atoms with Gasteiger partial charge in [0.25, 0.3) is 11.7 Å². The van der Waals surface area contributed by atoms with E-state index in [4.69, 9.17) is 22.1 Å². The summed E-state index contributed by atoms with van der Waals surface area (Å²) in [5.41, 5.74) is 5.81. The lowest BCUT2D eigenvalue weighted by Crippen LogP contribution is -2.92. The fourth-order valence-electron chi connectivity index (χ4n) is 2.72. The highest BCUT2D eigenvalue weighted by molar-refractivity contribution is 6.30. The molecule has 3 rings (SSSR count). The summed E-state index contributed by atoms with van der Waals surface area (Å²) >= 11 is 5.86. The van der Waals surface area contributed by atoms with Gasteiger partial charge in [-0.3, -0.25) is 15.5 Å². The van der Waals surface area contributed by atoms with Gasteiger partial charge in [0.2, 0.25) is 0 Å². The van der Waals surface area contributed by atoms with Crippen molar-refractivity contribution in [2.75, 3.05) is 25.2 Å². The molecule has 0 saturated carbocycles. The fourth-order valence-corrected chi connectivity index (χ4v) is 2.93. The third-order valence-corrected chi connectivity index (χ3v) is 4.18. The van der Waals surface area contributed by atoms with Crippen molar-refractivity contribution in [1.82, 2.24) is 9.97 Å². The number of nitrogens with one attached hydrogen (secondary N) is 2. The highest BCUT2D eigenvalue weighted by atomic mass is 35.5. The van der Waals surface area contributed by atoms with Crippen molar-refractivity contribution in [1.29, 1.82) is 0 Å². The number of nitrogens with zero attached hydrogens (tertiary/aromatic N) is 2. The first kappa shape index (κ1) is 18.2. The Kier molecular flexibility index (Phi) is 5.15. The van der Waals surface area contributed by atoms with Crippen LogP contribution in [0.25, 0.3) is 0 Å². The third kappa shape index (κ3) is 3.66. The molecule has 136 valence electrons. The summed E-state index contributed by atoms with van der Waals surface area (Å²) in [4.78, 5) is 23.7. The van der Waals surface area contributed by atoms with Crippen molar-refractivity contribution >= 4 is 29.2 Å². The van der Waals surface area contributed by atoms with Crippen LogP contribution in [-0.4, -0.2) is 41.6 Å². The predicted molar refractivity (Wildman–Crippen MR) is 94.8 cm³/mol. The summed E-state index contributed by atoms with van der Waals surface area (Å²) < 4.78 is 19.1. The molecule has 2 aromatic heterocycles. The van der Waals surface area contributed by atoms with Crippen LogP contribution in [0.2, 0.25) is 5.02 Å². The molecule has 0 bridgehead atoms. The molecule has 1 aliphatic rings. The van der Waals surface area contributed by atoms with Gasteiger partial charge in [0.15, 0.2) is 5.54 Å². The monoisotopic (exact) mass is 378 g/mol. The maximum absolute atomic E-state index is 13.8. The molecule has 1 amide bonds. The number of aromatic nitrogens is 2. The van der Waals surface area contributed by atoms with Crippen LogP contribution < -0.4 is 16.0 Å². The topological polar surface area (TPSA) is 104 Å². The maximum Gasteiger partial charge on any atom is 0.275 e. The summed E-state index contributed by atoms with van der Waals surface area (Å²) in [6.45, 7) is 1.25. The second kappa shape index (κ2) is 7.35. The minimum atomic E-state index is -1.18. The van der Waals surface area contributed by atoms with Crippen LogP contribution in [0.4, 0.5) is 10.2 Å². The molecule has 3 heterocycles. The van der Waals surface area contributed by atoms with Crippen molar-refractivity contribution in [3.63, 3.8) is 0 Å². The van der Waals surface area contributed by atoms with Crippen molar-refractivity contribution in [2.24, 2.45) is 5.73 Å². The highest BCUT2D eigenvalue weighted by Gasteiger charge is 2.40. The standard InChI is InChI=1S/C17H17ClFN5O2/c1-10-5-11(18)6-21-15(10)16(25)23-14-4-2-3-12(22-14)17(8-19)9-26-7-13(20)24-17/h2-6H,7-9H2,1H3,(H2,20,24)(H,22,23,25)/p+1. The van der Waals surface area contributed by atoms with Crippen LogP contribution in [0.1, 0.15) is 21.7 Å². The first-order valence-corrected chi connectivity index (χ1v) is 8.25. The summed E-state index contributed by atoms with van der Waals surface area (Å²) in [5, 5.41) is 3.11. The number of amidine groups is 1. The number of alkyl halides is 1. The van der Waals surface area contributed by atoms with Crippen LogP contribution in [-0.2, 0) is 10.3 Å². The van der Waals surface area contributed by atoms with Gasteiger partial charge in [0, 0.05) is 6.20 Å². The van der Waals surface area contributed by atoms with Gasteiger partial charge in [-0.1, -0.05) is 17.7 Å². The second-order valence-electron chi connectivity index (χ2n) is 6.04. The van der Waals surface area contributed by atoms with Gasteiger partial charge in [-0.25, -0.2) is 14.4 Å². The van der Waals surface area contributed by atoms with E-state index in [1.807, 2.05) is 0 Å². The SMILES string of the molecule is Cc1cc(Cl)cnc1C(=O)Nc1cccc(C2(CF)COCC(N)=[NH+]2)n1. The Morgan fingerprint density at radius 1 is 1.54 bits per heavy atom. The number of halogens is 2. The van der Waals surface area contributed by atoms with E-state index < -0.39 is 18.1 Å². The van der Waals surface area contributed by atoms with E-state index in [2.05, 4.69) is 20.3 Å². The molecule has 0 saturated heterocycles. The highest BCUT2D eigenvalue weighted by Crippen LogP contribution is 2.20. The fraction of sp³-hybridized carbons (Fsp3) is 0.294. The minimum absolute atomic E-state index is 0.0758. The summed E-state index contributed by atoms with van der Waals surface area (Å²) in [7, 11) is 0. The lowest BCUT2D eigenvalue weighted by molar-refractivity contribution is -0.582. The minimum Gasteiger partial charge on any atom is -0.364 e. The number of carbonyl (C=O) groups is 1. The molecular formula is C17H18ClFN5O2+. The van der Waals surface area contributed by atoms with E-state index in [1.165, 1.54) is 6.20 Å². The number of aryl methyl sites for hydroxylation is 1. The Morgan fingerprint density at radius 3 is 3.04 bits per heavy atom. The molecule has 7 nitrogen and oxygen atoms in total. The molecule has 0 aliphatic carbocycles. The molecule has 2 aromatic rings. The van der Waals surface area contributed by atoms with E-state index >= 15 is 0 Å². The molecule has 26 heavy (non-hydrogen) atoms. The molecule has 0 aromatic carbocycles. The van der Waals surface area contributed by atoms with Crippen LogP contribution in [0.3, 0.4) is 0 Å². The number of anilines is 1. The van der Waals surface area contributed by atoms with Gasteiger partial charge in [-0.15, -0.1) is 0 Å². The Labute approximate surface area is 154 Å². The molecular weight excluding hydrogens is 361 g/mol. The number of pyridine rings is 2. The van der Waals surface area contributed by atoms with E-state index in [1.54, 1.807) is 31.2 Å². The Morgan fingerprint density at radius 2 is 2.35 bits per heavy atom. The number of amides is 1. The molecule has 0 radical (unpaired) electrons. The summed E-state index contributed by atoms with van der Waals surface area (Å²) in [6.07, 6.45) is 1.40. The average Bonchev–Trinajstić information content (AvgIpc) is 2.61. The van der Waals surface area contributed by atoms with Crippen molar-refractivity contribution in [2.45, 2.75) is 12.5 Å². The van der Waals surface area contributed by atoms with Gasteiger partial charge < -0.3 is 10.1 Å². The Balaban J connectivity index is 1.88. The number of rotatable bonds is 4. The lowest BCUT2D eigenvalue weighted by Gasteiger charge is -2.27. The second-order valence-corrected chi connectivity index (χ2v) is 6.48. The van der Waals surface area contributed by atoms with E-state index in [-0.39, 0.29) is 24.7 Å². The van der Waals surface area contributed by atoms with Crippen molar-refractivity contribution < 1.29 is 18.9 Å². The molecule has 4 N–H and O–H groups in total. The molecule has 1 unspecified atom stereocenters. The molecule has 9 heteroatoms. The van der Waals surface area contributed by atoms with E-state index in [0.29, 0.717) is 22.1 Å². The van der Waals surface area contributed by atoms with Gasteiger partial charge in [0.1, 0.15) is 24.8 Å². The smallest absolute Gasteiger partial charge is 0.275 e. The number of ether oxygens (including phenoxy) is 1. The zero-order valence-electron chi connectivity index (χ0n) is 14.1. The normalized spacial score (nSPS) is 19.7. The van der Waals surface area contributed by atoms with Crippen LogP contribution >= 0.6 is 11.6 Å². The van der Waals surface area contributed by atoms with Gasteiger partial charge in [-0.05, 0) is 30.7 Å². The number of hydrogen-bond acceptors (Lipinski definition) is 5. The molecule has 1 aliphatic heterocycles. The zero-order valence-corrected chi connectivity index (χ0v) is 14.8. The van der Waals surface area contributed by atoms with Gasteiger partial charge in [0.05, 0.1) is 17.3 Å². The average molecular weight is 379 g/mol. The first-order chi connectivity index (χ1) is 12.4. The largest absolute Gasteiger partial charge is 0.364 e. The lowest BCUT2D eigenvalue weighted by atomic mass is 9.97. The maximum atomic E-state index is 13.8. The Hall–Kier alpha value is -2.58. The van der Waals surface area contributed by atoms with Gasteiger partial charge >= 0.3 is 0 Å². The van der Waals surface area contributed by atoms with E-state index in [9.17, 15) is 9.18 Å². The number of hydrogen-bond donors (Lipinski definition) is 3. The molecule has 0 fully saturated rings. The quantitative estimate of drug-likeness (QED) is 0.711.